The molecule has 1 spiro atoms. The number of aromatic nitrogens is 3. The van der Waals surface area contributed by atoms with Gasteiger partial charge in [-0.3, -0.25) is 9.38 Å². The van der Waals surface area contributed by atoms with E-state index in [0.717, 1.165) is 46.0 Å². The molecule has 0 amide bonds. The largest absolute Gasteiger partial charge is 0.291 e. The van der Waals surface area contributed by atoms with Crippen molar-refractivity contribution in [1.29, 1.82) is 0 Å². The Hall–Kier alpha value is -5.28. The topological polar surface area (TPSA) is 30.2 Å². The van der Waals surface area contributed by atoms with Crippen LogP contribution in [0, 0.1) is 0 Å². The van der Waals surface area contributed by atoms with Gasteiger partial charge in [0.1, 0.15) is 5.65 Å². The first-order valence-corrected chi connectivity index (χ1v) is 14.7. The van der Waals surface area contributed by atoms with Gasteiger partial charge in [-0.05, 0) is 93.3 Å². The number of para-hydroxylation sites is 1. The van der Waals surface area contributed by atoms with E-state index in [-0.39, 0.29) is 5.41 Å². The smallest absolute Gasteiger partial charge is 0.138 e. The van der Waals surface area contributed by atoms with Crippen molar-refractivity contribution in [2.45, 2.75) is 18.3 Å². The molecule has 1 atom stereocenters. The number of benzene rings is 4. The number of pyridine rings is 2. The molecule has 3 aliphatic carbocycles. The van der Waals surface area contributed by atoms with Gasteiger partial charge in [0, 0.05) is 17.1 Å². The lowest BCUT2D eigenvalue weighted by Gasteiger charge is -2.32. The van der Waals surface area contributed by atoms with Crippen molar-refractivity contribution in [2.24, 2.45) is 0 Å². The molecule has 7 aromatic rings. The Bertz CT molecular complexity index is 2370. The second kappa shape index (κ2) is 7.92. The fraction of sp³-hybridized carbons (Fsp3) is 0.0769. The van der Waals surface area contributed by atoms with Crippen LogP contribution in [-0.2, 0) is 5.41 Å². The van der Waals surface area contributed by atoms with E-state index in [1.807, 2.05) is 12.4 Å². The number of hydrogen-bond donors (Lipinski definition) is 0. The maximum absolute atomic E-state index is 5.18. The zero-order valence-corrected chi connectivity index (χ0v) is 22.9. The van der Waals surface area contributed by atoms with Crippen LogP contribution in [0.25, 0.3) is 55.4 Å². The summed E-state index contributed by atoms with van der Waals surface area (Å²) in [4.78, 5) is 9.60. The third-order valence-corrected chi connectivity index (χ3v) is 9.78. The first kappa shape index (κ1) is 22.4. The summed E-state index contributed by atoms with van der Waals surface area (Å²) in [5, 5.41) is 1.16. The molecule has 3 heteroatoms. The third kappa shape index (κ3) is 2.62. The minimum absolute atomic E-state index is 0.306. The molecule has 0 N–H and O–H groups in total. The lowest BCUT2D eigenvalue weighted by atomic mass is 9.69. The molecule has 0 saturated carbocycles. The van der Waals surface area contributed by atoms with E-state index in [1.165, 1.54) is 50.1 Å². The molecule has 196 valence electrons. The van der Waals surface area contributed by atoms with Crippen LogP contribution < -0.4 is 0 Å². The van der Waals surface area contributed by atoms with E-state index in [4.69, 9.17) is 4.98 Å². The molecule has 4 aromatic carbocycles. The van der Waals surface area contributed by atoms with Gasteiger partial charge < -0.3 is 0 Å². The van der Waals surface area contributed by atoms with Gasteiger partial charge in [-0.15, -0.1) is 0 Å². The van der Waals surface area contributed by atoms with Crippen molar-refractivity contribution in [1.82, 2.24) is 14.4 Å². The highest BCUT2D eigenvalue weighted by Crippen LogP contribution is 2.63. The molecule has 0 saturated heterocycles. The minimum atomic E-state index is -0.306. The predicted octanol–water partition coefficient (Wildman–Crippen LogP) is 9.13. The van der Waals surface area contributed by atoms with E-state index in [1.54, 1.807) is 0 Å². The number of rotatable bonds is 1. The fourth-order valence-electron chi connectivity index (χ4n) is 8.15. The average molecular weight is 536 g/mol. The zero-order chi connectivity index (χ0) is 27.4. The minimum Gasteiger partial charge on any atom is -0.291 e. The molecule has 0 radical (unpaired) electrons. The second-order valence-corrected chi connectivity index (χ2v) is 11.7. The summed E-state index contributed by atoms with van der Waals surface area (Å²) in [5.41, 5.74) is 17.4. The number of allylic oxidation sites excluding steroid dienone is 4. The van der Waals surface area contributed by atoms with Crippen LogP contribution in [0.5, 0.6) is 0 Å². The van der Waals surface area contributed by atoms with Crippen LogP contribution in [0.2, 0.25) is 0 Å². The van der Waals surface area contributed by atoms with Crippen LogP contribution in [0.15, 0.2) is 133 Å². The van der Waals surface area contributed by atoms with Crippen LogP contribution in [0.4, 0.5) is 0 Å². The third-order valence-electron chi connectivity index (χ3n) is 9.78. The Morgan fingerprint density at radius 2 is 1.48 bits per heavy atom. The van der Waals surface area contributed by atoms with E-state index in [9.17, 15) is 0 Å². The van der Waals surface area contributed by atoms with Crippen LogP contribution in [-0.4, -0.2) is 14.4 Å². The van der Waals surface area contributed by atoms with Gasteiger partial charge in [0.15, 0.2) is 0 Å². The molecule has 3 aromatic heterocycles. The van der Waals surface area contributed by atoms with Gasteiger partial charge in [0.05, 0.1) is 28.2 Å². The second-order valence-electron chi connectivity index (χ2n) is 11.7. The molecular formula is C39H25N3. The lowest BCUT2D eigenvalue weighted by Crippen LogP contribution is -2.27. The number of hydrogen-bond acceptors (Lipinski definition) is 2. The van der Waals surface area contributed by atoms with E-state index in [0.29, 0.717) is 0 Å². The summed E-state index contributed by atoms with van der Waals surface area (Å²) in [6, 6.07) is 38.1. The van der Waals surface area contributed by atoms with Gasteiger partial charge >= 0.3 is 0 Å². The Kier molecular flexibility index (Phi) is 4.23. The molecule has 0 bridgehead atoms. The first-order valence-electron chi connectivity index (χ1n) is 14.7. The van der Waals surface area contributed by atoms with Crippen molar-refractivity contribution < 1.29 is 0 Å². The highest BCUT2D eigenvalue weighted by Gasteiger charge is 2.52. The van der Waals surface area contributed by atoms with Crippen molar-refractivity contribution in [3.8, 4) is 22.3 Å². The Balaban J connectivity index is 1.28. The highest BCUT2D eigenvalue weighted by atomic mass is 15.0. The molecule has 0 aliphatic heterocycles. The van der Waals surface area contributed by atoms with Crippen molar-refractivity contribution in [3.05, 3.63) is 156 Å². The van der Waals surface area contributed by atoms with Gasteiger partial charge in [-0.1, -0.05) is 84.9 Å². The van der Waals surface area contributed by atoms with E-state index < -0.39 is 0 Å². The summed E-state index contributed by atoms with van der Waals surface area (Å²) in [7, 11) is 0. The fourth-order valence-corrected chi connectivity index (χ4v) is 8.15. The highest BCUT2D eigenvalue weighted by molar-refractivity contribution is 6.00. The molecule has 0 fully saturated rings. The number of imidazole rings is 1. The maximum atomic E-state index is 5.18. The van der Waals surface area contributed by atoms with Crippen molar-refractivity contribution in [3.63, 3.8) is 0 Å². The van der Waals surface area contributed by atoms with Crippen LogP contribution >= 0.6 is 0 Å². The molecule has 3 heterocycles. The monoisotopic (exact) mass is 535 g/mol. The SMILES string of the molecule is C1=CC2=C(CC1)c1ccccc1[C@@]21c2ccccc2-c2ccc(-c3cccc4c3nc3ccc5ccncc5n34)cc21. The average Bonchev–Trinajstić information content (AvgIpc) is 3.69. The van der Waals surface area contributed by atoms with Crippen LogP contribution in [0.1, 0.15) is 35.1 Å². The van der Waals surface area contributed by atoms with Crippen LogP contribution in [0.3, 0.4) is 0 Å². The summed E-state index contributed by atoms with van der Waals surface area (Å²) in [5.74, 6) is 0. The maximum Gasteiger partial charge on any atom is 0.138 e. The van der Waals surface area contributed by atoms with Gasteiger partial charge in [0.25, 0.3) is 0 Å². The Labute approximate surface area is 243 Å². The molecule has 10 rings (SSSR count). The first-order chi connectivity index (χ1) is 20.8. The summed E-state index contributed by atoms with van der Waals surface area (Å²) in [6.07, 6.45) is 10.8. The molecule has 0 unspecified atom stereocenters. The predicted molar refractivity (Wildman–Crippen MR) is 170 cm³/mol. The Morgan fingerprint density at radius 1 is 0.667 bits per heavy atom. The zero-order valence-electron chi connectivity index (χ0n) is 22.9. The van der Waals surface area contributed by atoms with Gasteiger partial charge in [-0.2, -0.15) is 0 Å². The van der Waals surface area contributed by atoms with Crippen molar-refractivity contribution in [2.75, 3.05) is 0 Å². The van der Waals surface area contributed by atoms with Gasteiger partial charge in [0.2, 0.25) is 0 Å². The van der Waals surface area contributed by atoms with E-state index >= 15 is 0 Å². The lowest BCUT2D eigenvalue weighted by molar-refractivity contribution is 0.781. The molecule has 42 heavy (non-hydrogen) atoms. The summed E-state index contributed by atoms with van der Waals surface area (Å²) < 4.78 is 2.24. The number of fused-ring (bicyclic) bond motifs is 14. The van der Waals surface area contributed by atoms with Crippen molar-refractivity contribution >= 4 is 33.2 Å². The van der Waals surface area contributed by atoms with E-state index in [2.05, 4.69) is 125 Å². The summed E-state index contributed by atoms with van der Waals surface area (Å²) in [6.45, 7) is 0. The number of nitrogens with zero attached hydrogens (tertiary/aromatic N) is 3. The normalized spacial score (nSPS) is 18.2. The van der Waals surface area contributed by atoms with Gasteiger partial charge in [-0.25, -0.2) is 4.98 Å². The Morgan fingerprint density at radius 3 is 2.40 bits per heavy atom. The standard InChI is InChI=1S/C39H25N3/c1-4-12-31-27(8-1)28-9-2-5-13-32(28)39(31)33-14-6-3-10-29(33)30-18-16-25(22-34(30)39)26-11-7-15-35-38(26)41-37-19-17-24-20-21-40-23-36(24)42(35)37/h1,3-8,10-23H,2,9H2/t39-/m0/s1. The molecular weight excluding hydrogens is 510 g/mol. The molecule has 3 aliphatic rings. The quantitative estimate of drug-likeness (QED) is 0.210. The summed E-state index contributed by atoms with van der Waals surface area (Å²) >= 11 is 0. The molecule has 3 nitrogen and oxygen atoms in total.